The van der Waals surface area contributed by atoms with Crippen molar-refractivity contribution in [1.82, 2.24) is 4.90 Å². The number of amides is 2. The van der Waals surface area contributed by atoms with Gasteiger partial charge >= 0.3 is 6.03 Å². The van der Waals surface area contributed by atoms with Crippen LogP contribution in [-0.4, -0.2) is 38.1 Å². The normalized spacial score (nSPS) is 9.88. The Morgan fingerprint density at radius 2 is 1.65 bits per heavy atom. The van der Waals surface area contributed by atoms with E-state index in [2.05, 4.69) is 5.32 Å². The highest BCUT2D eigenvalue weighted by atomic mass is 16.2. The molecule has 17 heavy (non-hydrogen) atoms. The minimum Gasteiger partial charge on any atom is -0.378 e. The molecule has 1 aromatic rings. The van der Waals surface area contributed by atoms with Crippen molar-refractivity contribution in [2.45, 2.75) is 13.8 Å². The fraction of sp³-hybridized carbons (Fsp3) is 0.462. The smallest absolute Gasteiger partial charge is 0.321 e. The van der Waals surface area contributed by atoms with Gasteiger partial charge in [0.05, 0.1) is 0 Å². The number of nitrogens with zero attached hydrogens (tertiary/aromatic N) is 2. The molecule has 1 rings (SSSR count). The summed E-state index contributed by atoms with van der Waals surface area (Å²) in [5.41, 5.74) is 1.94. The van der Waals surface area contributed by atoms with E-state index in [-0.39, 0.29) is 6.03 Å². The molecule has 2 amide bonds. The molecule has 0 fully saturated rings. The Labute approximate surface area is 103 Å². The third-order valence-corrected chi connectivity index (χ3v) is 2.69. The van der Waals surface area contributed by atoms with Crippen molar-refractivity contribution in [3.05, 3.63) is 24.3 Å². The number of benzene rings is 1. The van der Waals surface area contributed by atoms with Crippen LogP contribution in [0.25, 0.3) is 0 Å². The average Bonchev–Trinajstić information content (AvgIpc) is 2.31. The summed E-state index contributed by atoms with van der Waals surface area (Å²) < 4.78 is 0. The SMILES string of the molecule is CCN(CC)C(=O)Nc1ccc(N(C)C)cc1. The fourth-order valence-electron chi connectivity index (χ4n) is 1.56. The summed E-state index contributed by atoms with van der Waals surface area (Å²) in [5.74, 6) is 0. The lowest BCUT2D eigenvalue weighted by Gasteiger charge is -2.19. The molecule has 0 aromatic heterocycles. The van der Waals surface area contributed by atoms with Crippen molar-refractivity contribution in [3.63, 3.8) is 0 Å². The second kappa shape index (κ2) is 6.13. The van der Waals surface area contributed by atoms with Crippen LogP contribution in [0.5, 0.6) is 0 Å². The van der Waals surface area contributed by atoms with E-state index in [1.807, 2.05) is 57.1 Å². The first-order chi connectivity index (χ1) is 8.08. The Bertz CT molecular complexity index is 355. The van der Waals surface area contributed by atoms with Gasteiger partial charge in [-0.15, -0.1) is 0 Å². The van der Waals surface area contributed by atoms with E-state index in [4.69, 9.17) is 0 Å². The van der Waals surface area contributed by atoms with Crippen molar-refractivity contribution in [2.24, 2.45) is 0 Å². The third kappa shape index (κ3) is 3.66. The van der Waals surface area contributed by atoms with Gasteiger partial charge in [-0.1, -0.05) is 0 Å². The van der Waals surface area contributed by atoms with Crippen LogP contribution < -0.4 is 10.2 Å². The molecule has 0 radical (unpaired) electrons. The highest BCUT2D eigenvalue weighted by Gasteiger charge is 2.08. The summed E-state index contributed by atoms with van der Waals surface area (Å²) in [6.07, 6.45) is 0. The zero-order chi connectivity index (χ0) is 12.8. The molecule has 0 spiro atoms. The van der Waals surface area contributed by atoms with Crippen molar-refractivity contribution < 1.29 is 4.79 Å². The Morgan fingerprint density at radius 3 is 2.06 bits per heavy atom. The maximum atomic E-state index is 11.8. The Balaban J connectivity index is 2.66. The van der Waals surface area contributed by atoms with Crippen LogP contribution in [-0.2, 0) is 0 Å². The van der Waals surface area contributed by atoms with Crippen LogP contribution in [0, 0.1) is 0 Å². The molecule has 4 nitrogen and oxygen atoms in total. The van der Waals surface area contributed by atoms with Gasteiger partial charge in [-0.25, -0.2) is 4.79 Å². The summed E-state index contributed by atoms with van der Waals surface area (Å²) in [6, 6.07) is 7.75. The van der Waals surface area contributed by atoms with E-state index < -0.39 is 0 Å². The van der Waals surface area contributed by atoms with Crippen molar-refractivity contribution in [3.8, 4) is 0 Å². The topological polar surface area (TPSA) is 35.6 Å². The predicted octanol–water partition coefficient (Wildman–Crippen LogP) is 2.63. The summed E-state index contributed by atoms with van der Waals surface area (Å²) in [6.45, 7) is 5.38. The first kappa shape index (κ1) is 13.4. The van der Waals surface area contributed by atoms with E-state index in [1.54, 1.807) is 4.90 Å². The van der Waals surface area contributed by atoms with Gasteiger partial charge in [0.15, 0.2) is 0 Å². The number of urea groups is 1. The molecule has 0 unspecified atom stereocenters. The number of anilines is 2. The molecule has 1 aromatic carbocycles. The second-order valence-electron chi connectivity index (χ2n) is 4.04. The number of carbonyl (C=O) groups is 1. The molecule has 4 heteroatoms. The lowest BCUT2D eigenvalue weighted by Crippen LogP contribution is -2.34. The molecular weight excluding hydrogens is 214 g/mol. The minimum atomic E-state index is -0.0485. The molecule has 0 heterocycles. The van der Waals surface area contributed by atoms with Crippen molar-refractivity contribution in [1.29, 1.82) is 0 Å². The lowest BCUT2D eigenvalue weighted by molar-refractivity contribution is 0.217. The van der Waals surface area contributed by atoms with E-state index >= 15 is 0 Å². The van der Waals surface area contributed by atoms with Gasteiger partial charge in [0.1, 0.15) is 0 Å². The van der Waals surface area contributed by atoms with E-state index in [1.165, 1.54) is 0 Å². The van der Waals surface area contributed by atoms with E-state index in [9.17, 15) is 4.79 Å². The number of rotatable bonds is 4. The molecule has 0 aliphatic rings. The van der Waals surface area contributed by atoms with Crippen LogP contribution in [0.2, 0.25) is 0 Å². The molecule has 0 aliphatic carbocycles. The minimum absolute atomic E-state index is 0.0485. The van der Waals surface area contributed by atoms with Gasteiger partial charge < -0.3 is 15.1 Å². The molecule has 0 saturated carbocycles. The van der Waals surface area contributed by atoms with E-state index in [0.29, 0.717) is 0 Å². The van der Waals surface area contributed by atoms with Crippen LogP contribution in [0.3, 0.4) is 0 Å². The largest absolute Gasteiger partial charge is 0.378 e. The zero-order valence-electron chi connectivity index (χ0n) is 11.0. The van der Waals surface area contributed by atoms with Gasteiger partial charge in [-0.2, -0.15) is 0 Å². The van der Waals surface area contributed by atoms with Gasteiger partial charge in [-0.05, 0) is 38.1 Å². The average molecular weight is 235 g/mol. The summed E-state index contributed by atoms with van der Waals surface area (Å²) in [5, 5.41) is 2.88. The molecule has 0 aliphatic heterocycles. The van der Waals surface area contributed by atoms with Crippen LogP contribution in [0.1, 0.15) is 13.8 Å². The summed E-state index contributed by atoms with van der Waals surface area (Å²) in [7, 11) is 3.98. The molecule has 1 N–H and O–H groups in total. The highest BCUT2D eigenvalue weighted by Crippen LogP contribution is 2.15. The monoisotopic (exact) mass is 235 g/mol. The number of hydrogen-bond donors (Lipinski definition) is 1. The second-order valence-corrected chi connectivity index (χ2v) is 4.04. The lowest BCUT2D eigenvalue weighted by atomic mass is 10.2. The van der Waals surface area contributed by atoms with Crippen LogP contribution >= 0.6 is 0 Å². The molecule has 0 saturated heterocycles. The molecule has 94 valence electrons. The molecular formula is C13H21N3O. The van der Waals surface area contributed by atoms with Crippen molar-refractivity contribution in [2.75, 3.05) is 37.4 Å². The van der Waals surface area contributed by atoms with Gasteiger partial charge in [0.2, 0.25) is 0 Å². The standard InChI is InChI=1S/C13H21N3O/c1-5-16(6-2)13(17)14-11-7-9-12(10-8-11)15(3)4/h7-10H,5-6H2,1-4H3,(H,14,17). The van der Waals surface area contributed by atoms with Crippen LogP contribution in [0.4, 0.5) is 16.2 Å². The Morgan fingerprint density at radius 1 is 1.12 bits per heavy atom. The van der Waals surface area contributed by atoms with E-state index in [0.717, 1.165) is 24.5 Å². The maximum absolute atomic E-state index is 11.8. The Kier molecular flexibility index (Phi) is 4.82. The fourth-order valence-corrected chi connectivity index (χ4v) is 1.56. The summed E-state index contributed by atoms with van der Waals surface area (Å²) >= 11 is 0. The number of nitrogens with one attached hydrogen (secondary N) is 1. The summed E-state index contributed by atoms with van der Waals surface area (Å²) in [4.78, 5) is 15.6. The zero-order valence-corrected chi connectivity index (χ0v) is 11.0. The molecule has 0 atom stereocenters. The maximum Gasteiger partial charge on any atom is 0.321 e. The van der Waals surface area contributed by atoms with Crippen LogP contribution in [0.15, 0.2) is 24.3 Å². The van der Waals surface area contributed by atoms with Crippen molar-refractivity contribution >= 4 is 17.4 Å². The van der Waals surface area contributed by atoms with Gasteiger partial charge in [0, 0.05) is 38.6 Å². The quantitative estimate of drug-likeness (QED) is 0.870. The van der Waals surface area contributed by atoms with Gasteiger partial charge in [0.25, 0.3) is 0 Å². The predicted molar refractivity (Wildman–Crippen MR) is 72.7 cm³/mol. The first-order valence-corrected chi connectivity index (χ1v) is 5.91. The van der Waals surface area contributed by atoms with Gasteiger partial charge in [-0.3, -0.25) is 0 Å². The number of hydrogen-bond acceptors (Lipinski definition) is 2. The Hall–Kier alpha value is -1.71. The first-order valence-electron chi connectivity index (χ1n) is 5.91. The third-order valence-electron chi connectivity index (χ3n) is 2.69. The highest BCUT2D eigenvalue weighted by molar-refractivity contribution is 5.89. The number of carbonyl (C=O) groups excluding carboxylic acids is 1. The molecule has 0 bridgehead atoms.